The highest BCUT2D eigenvalue weighted by Crippen LogP contribution is 2.30. The largest absolute Gasteiger partial charge is 0.402 e. The summed E-state index contributed by atoms with van der Waals surface area (Å²) in [6.07, 6.45) is 4.31. The molecule has 5 rings (SSSR count). The molecular weight excluding hydrogens is 694 g/mol. The summed E-state index contributed by atoms with van der Waals surface area (Å²) in [6.45, 7) is 9.64. The average Bonchev–Trinajstić information content (AvgIpc) is 3.54. The maximum Gasteiger partial charge on any atom is 0.291 e. The van der Waals surface area contributed by atoms with Crippen LogP contribution >= 0.6 is 11.6 Å². The Labute approximate surface area is 308 Å². The van der Waals surface area contributed by atoms with Crippen molar-refractivity contribution in [2.45, 2.75) is 33.6 Å². The number of nitrogens with two attached hydrogens (primary N) is 1. The monoisotopic (exact) mass is 740 g/mol. The third-order valence-corrected chi connectivity index (χ3v) is 9.25. The first kappa shape index (κ1) is 40.1. The van der Waals surface area contributed by atoms with Crippen LogP contribution in [-0.2, 0) is 16.6 Å². The van der Waals surface area contributed by atoms with Crippen molar-refractivity contribution in [2.24, 2.45) is 23.7 Å². The zero-order chi connectivity index (χ0) is 37.9. The lowest BCUT2D eigenvalue weighted by Gasteiger charge is -2.37. The highest BCUT2D eigenvalue weighted by Gasteiger charge is 2.31. The molecule has 2 aliphatic heterocycles. The number of nitrogens with zero attached hydrogens (tertiary/aromatic N) is 5. The number of aliphatic imine (C=N–C) groups is 1. The van der Waals surface area contributed by atoms with Crippen molar-refractivity contribution in [1.29, 1.82) is 0 Å². The van der Waals surface area contributed by atoms with E-state index in [1.807, 2.05) is 18.7 Å². The van der Waals surface area contributed by atoms with Gasteiger partial charge in [0.2, 0.25) is 5.91 Å². The van der Waals surface area contributed by atoms with E-state index in [1.165, 1.54) is 55.4 Å². The summed E-state index contributed by atoms with van der Waals surface area (Å²) in [6, 6.07) is 7.33. The van der Waals surface area contributed by atoms with Crippen LogP contribution in [0.1, 0.15) is 60.2 Å². The molecule has 0 saturated carbocycles. The van der Waals surface area contributed by atoms with E-state index in [1.54, 1.807) is 17.9 Å². The molecular formula is C37H47ClF2N8O4. The van der Waals surface area contributed by atoms with Gasteiger partial charge in [-0.3, -0.25) is 19.4 Å². The molecule has 0 bridgehead atoms. The van der Waals surface area contributed by atoms with Crippen molar-refractivity contribution in [3.63, 3.8) is 0 Å². The third kappa shape index (κ3) is 9.22. The Morgan fingerprint density at radius 3 is 2.35 bits per heavy atom. The molecule has 2 aliphatic rings. The van der Waals surface area contributed by atoms with E-state index < -0.39 is 17.5 Å². The average molecular weight is 741 g/mol. The zero-order valence-electron chi connectivity index (χ0n) is 30.3. The second-order valence-corrected chi connectivity index (χ2v) is 12.6. The van der Waals surface area contributed by atoms with Crippen molar-refractivity contribution in [3.05, 3.63) is 75.8 Å². The summed E-state index contributed by atoms with van der Waals surface area (Å²) in [4.78, 5) is 51.2. The number of methoxy groups -OCH3 is 1. The number of anilines is 1. The standard InChI is InChI=1S/C35H41ClF2N8O4.C2H6/c1-21(39)27(19-41-12-17-50-3)24-6-7-26(31(38)30(24)37)29-20-42-32(44(29)2)33(47)43-23-4-5-25(28(36)18-23)35(49)46-15-13-45(14-16-46)34(48)22-8-10-40-11-9-22;1-2/h4-7,18-20,22,40H,8-17,39H2,1-3H3,(H,43,47);1-2H3/b27-21+,41-19?;. The van der Waals surface area contributed by atoms with Gasteiger partial charge >= 0.3 is 0 Å². The van der Waals surface area contributed by atoms with Gasteiger partial charge in [-0.25, -0.2) is 13.8 Å². The number of carbonyl (C=O) groups is 3. The molecule has 280 valence electrons. The molecule has 0 aliphatic carbocycles. The molecule has 0 spiro atoms. The molecule has 2 fully saturated rings. The Kier molecular flexibility index (Phi) is 14.4. The van der Waals surface area contributed by atoms with Crippen LogP contribution in [0.15, 0.2) is 47.2 Å². The highest BCUT2D eigenvalue weighted by atomic mass is 35.5. The summed E-state index contributed by atoms with van der Waals surface area (Å²) in [5, 5.41) is 6.11. The Balaban J connectivity index is 0.00000297. The SMILES string of the molecule is CC.COCCN=C/C(=C(/C)N)c1ccc(-c2cnc(C(=O)Nc3ccc(C(=O)N4CCN(C(=O)C5CCNCC5)CC4)c(Cl)c3)n2C)c(F)c1F. The fourth-order valence-corrected chi connectivity index (χ4v) is 6.35. The van der Waals surface area contributed by atoms with Crippen LogP contribution in [0.3, 0.4) is 0 Å². The van der Waals surface area contributed by atoms with Gasteiger partial charge in [0.15, 0.2) is 17.5 Å². The Morgan fingerprint density at radius 2 is 1.71 bits per heavy atom. The Bertz CT molecular complexity index is 1810. The van der Waals surface area contributed by atoms with Gasteiger partial charge in [0.05, 0.1) is 35.6 Å². The number of rotatable bonds is 10. The number of amides is 3. The molecule has 1 aromatic heterocycles. The minimum absolute atomic E-state index is 0.0261. The number of carbonyl (C=O) groups excluding carboxylic acids is 3. The van der Waals surface area contributed by atoms with Crippen LogP contribution in [0.25, 0.3) is 16.8 Å². The molecule has 52 heavy (non-hydrogen) atoms. The number of hydrogen-bond donors (Lipinski definition) is 3. The minimum atomic E-state index is -1.14. The van der Waals surface area contributed by atoms with Crippen LogP contribution in [-0.4, -0.2) is 103 Å². The van der Waals surface area contributed by atoms with Crippen LogP contribution in [0, 0.1) is 17.6 Å². The fourth-order valence-electron chi connectivity index (χ4n) is 6.09. The molecule has 0 radical (unpaired) electrons. The second-order valence-electron chi connectivity index (χ2n) is 12.2. The summed E-state index contributed by atoms with van der Waals surface area (Å²) >= 11 is 6.51. The normalized spacial score (nSPS) is 15.6. The van der Waals surface area contributed by atoms with Crippen LogP contribution in [0.4, 0.5) is 14.5 Å². The van der Waals surface area contributed by atoms with Crippen molar-refractivity contribution in [2.75, 3.05) is 64.8 Å². The molecule has 3 heterocycles. The first-order valence-electron chi connectivity index (χ1n) is 17.4. The van der Waals surface area contributed by atoms with E-state index >= 15 is 8.78 Å². The molecule has 4 N–H and O–H groups in total. The van der Waals surface area contributed by atoms with Gasteiger partial charge in [0, 0.05) is 80.6 Å². The van der Waals surface area contributed by atoms with E-state index in [9.17, 15) is 14.4 Å². The predicted molar refractivity (Wildman–Crippen MR) is 199 cm³/mol. The van der Waals surface area contributed by atoms with Gasteiger partial charge in [-0.05, 0) is 57.1 Å². The van der Waals surface area contributed by atoms with Crippen LogP contribution < -0.4 is 16.4 Å². The van der Waals surface area contributed by atoms with Crippen LogP contribution in [0.2, 0.25) is 5.02 Å². The van der Waals surface area contributed by atoms with Crippen molar-refractivity contribution in [3.8, 4) is 11.3 Å². The summed E-state index contributed by atoms with van der Waals surface area (Å²) in [5.41, 5.74) is 7.02. The Morgan fingerprint density at radius 1 is 1.06 bits per heavy atom. The first-order chi connectivity index (χ1) is 25.0. The smallest absolute Gasteiger partial charge is 0.291 e. The molecule has 3 amide bonds. The number of allylic oxidation sites excluding steroid dienone is 2. The van der Waals surface area contributed by atoms with E-state index in [-0.39, 0.29) is 62.2 Å². The second kappa shape index (κ2) is 18.7. The zero-order valence-corrected chi connectivity index (χ0v) is 31.0. The number of nitrogens with one attached hydrogen (secondary N) is 2. The van der Waals surface area contributed by atoms with Gasteiger partial charge in [-0.2, -0.15) is 0 Å². The van der Waals surface area contributed by atoms with E-state index in [0.717, 1.165) is 25.9 Å². The third-order valence-electron chi connectivity index (χ3n) is 8.93. The lowest BCUT2D eigenvalue weighted by molar-refractivity contribution is -0.137. The number of ether oxygens (including phenoxy) is 1. The number of imidazole rings is 1. The topological polar surface area (TPSA) is 147 Å². The van der Waals surface area contributed by atoms with Gasteiger partial charge in [0.1, 0.15) is 0 Å². The number of hydrogen-bond acceptors (Lipinski definition) is 8. The van der Waals surface area contributed by atoms with Gasteiger partial charge in [0.25, 0.3) is 11.8 Å². The summed E-state index contributed by atoms with van der Waals surface area (Å²) in [5.74, 6) is -3.04. The van der Waals surface area contributed by atoms with E-state index in [4.69, 9.17) is 22.1 Å². The summed E-state index contributed by atoms with van der Waals surface area (Å²) < 4.78 is 37.1. The molecule has 0 atom stereocenters. The van der Waals surface area contributed by atoms with E-state index in [0.29, 0.717) is 45.0 Å². The summed E-state index contributed by atoms with van der Waals surface area (Å²) in [7, 11) is 3.04. The van der Waals surface area contributed by atoms with Gasteiger partial charge in [-0.15, -0.1) is 0 Å². The van der Waals surface area contributed by atoms with Gasteiger partial charge in [-0.1, -0.05) is 31.5 Å². The molecule has 2 saturated heterocycles. The Hall–Kier alpha value is -4.66. The maximum atomic E-state index is 15.5. The fraction of sp³-hybridized carbons (Fsp3) is 0.432. The van der Waals surface area contributed by atoms with E-state index in [2.05, 4.69) is 20.6 Å². The molecule has 0 unspecified atom stereocenters. The van der Waals surface area contributed by atoms with Gasteiger partial charge < -0.3 is 35.5 Å². The number of piperidine rings is 1. The number of halogens is 3. The number of benzene rings is 2. The number of aromatic nitrogens is 2. The molecule has 12 nitrogen and oxygen atoms in total. The number of piperazine rings is 1. The van der Waals surface area contributed by atoms with Crippen molar-refractivity contribution in [1.82, 2.24) is 24.7 Å². The quantitative estimate of drug-likeness (QED) is 0.196. The predicted octanol–water partition coefficient (Wildman–Crippen LogP) is 4.99. The minimum Gasteiger partial charge on any atom is -0.402 e. The lowest BCUT2D eigenvalue weighted by atomic mass is 9.96. The lowest BCUT2D eigenvalue weighted by Crippen LogP contribution is -2.52. The molecule has 3 aromatic rings. The molecule has 15 heteroatoms. The maximum absolute atomic E-state index is 15.5. The molecule has 2 aromatic carbocycles. The van der Waals surface area contributed by atoms with Crippen molar-refractivity contribution < 1.29 is 27.9 Å². The highest BCUT2D eigenvalue weighted by molar-refractivity contribution is 6.34. The first-order valence-corrected chi connectivity index (χ1v) is 17.7. The van der Waals surface area contributed by atoms with Crippen molar-refractivity contribution >= 4 is 46.8 Å². The van der Waals surface area contributed by atoms with Crippen LogP contribution in [0.5, 0.6) is 0 Å².